The van der Waals surface area contributed by atoms with Crippen molar-refractivity contribution in [2.45, 2.75) is 6.92 Å². The second-order valence-corrected chi connectivity index (χ2v) is 3.10. The molecule has 0 fully saturated rings. The van der Waals surface area contributed by atoms with Crippen molar-refractivity contribution in [2.75, 3.05) is 24.3 Å². The Hall–Kier alpha value is -2.06. The van der Waals surface area contributed by atoms with Gasteiger partial charge in [0.25, 0.3) is 0 Å². The fraction of sp³-hybridized carbons (Fsp3) is 0.273. The standard InChI is InChI=1S/C11H13N3O2/c1-2-16-7-11(15)14-10-4-3-9(13)5-8(10)6-12/h3-5H,2,7,13H2,1H3,(H,14,15). The Labute approximate surface area is 93.8 Å². The van der Waals surface area contributed by atoms with Crippen molar-refractivity contribution in [1.82, 2.24) is 0 Å². The van der Waals surface area contributed by atoms with Gasteiger partial charge < -0.3 is 15.8 Å². The molecule has 0 unspecified atom stereocenters. The first kappa shape index (κ1) is 12.0. The molecular formula is C11H13N3O2. The monoisotopic (exact) mass is 219 g/mol. The molecular weight excluding hydrogens is 206 g/mol. The van der Waals surface area contributed by atoms with E-state index < -0.39 is 0 Å². The third kappa shape index (κ3) is 3.26. The van der Waals surface area contributed by atoms with Crippen LogP contribution in [0, 0.1) is 11.3 Å². The van der Waals surface area contributed by atoms with E-state index in [0.29, 0.717) is 23.5 Å². The van der Waals surface area contributed by atoms with Gasteiger partial charge in [-0.25, -0.2) is 0 Å². The van der Waals surface area contributed by atoms with Crippen LogP contribution in [0.3, 0.4) is 0 Å². The Morgan fingerprint density at radius 1 is 1.62 bits per heavy atom. The van der Waals surface area contributed by atoms with Crippen LogP contribution in [0.5, 0.6) is 0 Å². The SMILES string of the molecule is CCOCC(=O)Nc1ccc(N)cc1C#N. The minimum Gasteiger partial charge on any atom is -0.399 e. The number of anilines is 2. The lowest BCUT2D eigenvalue weighted by atomic mass is 10.1. The molecule has 0 bridgehead atoms. The summed E-state index contributed by atoms with van der Waals surface area (Å²) in [4.78, 5) is 11.3. The van der Waals surface area contributed by atoms with Gasteiger partial charge in [0.1, 0.15) is 12.7 Å². The molecule has 0 aliphatic rings. The number of amides is 1. The van der Waals surface area contributed by atoms with Crippen molar-refractivity contribution < 1.29 is 9.53 Å². The van der Waals surface area contributed by atoms with E-state index in [1.54, 1.807) is 19.1 Å². The molecule has 0 aliphatic heterocycles. The fourth-order valence-electron chi connectivity index (χ4n) is 1.14. The highest BCUT2D eigenvalue weighted by Crippen LogP contribution is 2.17. The first-order valence-corrected chi connectivity index (χ1v) is 4.84. The van der Waals surface area contributed by atoms with Crippen molar-refractivity contribution in [3.05, 3.63) is 23.8 Å². The largest absolute Gasteiger partial charge is 0.399 e. The molecule has 16 heavy (non-hydrogen) atoms. The van der Waals surface area contributed by atoms with Crippen molar-refractivity contribution in [3.63, 3.8) is 0 Å². The fourth-order valence-corrected chi connectivity index (χ4v) is 1.14. The number of nitrogens with one attached hydrogen (secondary N) is 1. The van der Waals surface area contributed by atoms with Gasteiger partial charge in [-0.3, -0.25) is 4.79 Å². The van der Waals surface area contributed by atoms with Gasteiger partial charge in [-0.05, 0) is 25.1 Å². The number of ether oxygens (including phenoxy) is 1. The highest BCUT2D eigenvalue weighted by molar-refractivity contribution is 5.93. The molecule has 1 amide bonds. The van der Waals surface area contributed by atoms with E-state index in [1.165, 1.54) is 6.07 Å². The van der Waals surface area contributed by atoms with Crippen molar-refractivity contribution in [3.8, 4) is 6.07 Å². The Morgan fingerprint density at radius 3 is 3.00 bits per heavy atom. The summed E-state index contributed by atoms with van der Waals surface area (Å²) in [5.74, 6) is -0.289. The van der Waals surface area contributed by atoms with Crippen LogP contribution in [-0.4, -0.2) is 19.1 Å². The number of nitrogens with two attached hydrogens (primary N) is 1. The van der Waals surface area contributed by atoms with Crippen LogP contribution >= 0.6 is 0 Å². The van der Waals surface area contributed by atoms with Gasteiger partial charge in [-0.2, -0.15) is 5.26 Å². The van der Waals surface area contributed by atoms with Crippen molar-refractivity contribution in [1.29, 1.82) is 5.26 Å². The Kier molecular flexibility index (Phi) is 4.30. The van der Waals surface area contributed by atoms with E-state index in [-0.39, 0.29) is 12.5 Å². The molecule has 0 aromatic heterocycles. The Bertz CT molecular complexity index is 424. The van der Waals surface area contributed by atoms with Crippen LogP contribution in [-0.2, 0) is 9.53 Å². The van der Waals surface area contributed by atoms with Gasteiger partial charge in [-0.15, -0.1) is 0 Å². The van der Waals surface area contributed by atoms with E-state index in [1.807, 2.05) is 6.07 Å². The molecule has 0 spiro atoms. The number of rotatable bonds is 4. The molecule has 1 aromatic carbocycles. The summed E-state index contributed by atoms with van der Waals surface area (Å²) >= 11 is 0. The van der Waals surface area contributed by atoms with Gasteiger partial charge in [0.15, 0.2) is 0 Å². The number of nitrogens with zero attached hydrogens (tertiary/aromatic N) is 1. The van der Waals surface area contributed by atoms with Crippen LogP contribution < -0.4 is 11.1 Å². The maximum atomic E-state index is 11.3. The Morgan fingerprint density at radius 2 is 2.38 bits per heavy atom. The van der Waals surface area contributed by atoms with Gasteiger partial charge in [0.05, 0.1) is 11.3 Å². The van der Waals surface area contributed by atoms with E-state index in [2.05, 4.69) is 5.32 Å². The second kappa shape index (κ2) is 5.73. The number of benzene rings is 1. The Balaban J connectivity index is 2.74. The first-order valence-electron chi connectivity index (χ1n) is 4.84. The lowest BCUT2D eigenvalue weighted by molar-refractivity contribution is -0.120. The summed E-state index contributed by atoms with van der Waals surface area (Å²) in [6.07, 6.45) is 0. The minimum absolute atomic E-state index is 0.0221. The van der Waals surface area contributed by atoms with Crippen LogP contribution in [0.2, 0.25) is 0 Å². The predicted molar refractivity (Wildman–Crippen MR) is 60.7 cm³/mol. The lowest BCUT2D eigenvalue weighted by Gasteiger charge is -2.07. The van der Waals surface area contributed by atoms with E-state index in [4.69, 9.17) is 15.7 Å². The van der Waals surface area contributed by atoms with E-state index in [0.717, 1.165) is 0 Å². The first-order chi connectivity index (χ1) is 7.67. The molecule has 0 atom stereocenters. The molecule has 3 N–H and O–H groups in total. The van der Waals surface area contributed by atoms with Crippen molar-refractivity contribution in [2.24, 2.45) is 0 Å². The molecule has 84 valence electrons. The van der Waals surface area contributed by atoms with E-state index in [9.17, 15) is 4.79 Å². The molecule has 1 rings (SSSR count). The number of carbonyl (C=O) groups excluding carboxylic acids is 1. The van der Waals surface area contributed by atoms with Gasteiger partial charge in [0.2, 0.25) is 5.91 Å². The molecule has 5 nitrogen and oxygen atoms in total. The summed E-state index contributed by atoms with van der Waals surface area (Å²) in [6, 6.07) is 6.69. The summed E-state index contributed by atoms with van der Waals surface area (Å²) in [5, 5.41) is 11.4. The number of nitrogen functional groups attached to an aromatic ring is 1. The second-order valence-electron chi connectivity index (χ2n) is 3.10. The summed E-state index contributed by atoms with van der Waals surface area (Å²) in [7, 11) is 0. The normalized spacial score (nSPS) is 9.50. The summed E-state index contributed by atoms with van der Waals surface area (Å²) in [5.41, 5.74) is 6.79. The third-order valence-corrected chi connectivity index (χ3v) is 1.88. The topological polar surface area (TPSA) is 88.1 Å². The smallest absolute Gasteiger partial charge is 0.250 e. The summed E-state index contributed by atoms with van der Waals surface area (Å²) < 4.78 is 4.95. The molecule has 0 radical (unpaired) electrons. The lowest BCUT2D eigenvalue weighted by Crippen LogP contribution is -2.18. The molecule has 1 aromatic rings. The zero-order chi connectivity index (χ0) is 12.0. The molecule has 0 saturated heterocycles. The molecule has 5 heteroatoms. The molecule has 0 heterocycles. The van der Waals surface area contributed by atoms with Gasteiger partial charge >= 0.3 is 0 Å². The third-order valence-electron chi connectivity index (χ3n) is 1.88. The molecule has 0 aliphatic carbocycles. The van der Waals surface area contributed by atoms with Crippen LogP contribution in [0.1, 0.15) is 12.5 Å². The maximum Gasteiger partial charge on any atom is 0.250 e. The van der Waals surface area contributed by atoms with Crippen LogP contribution in [0.4, 0.5) is 11.4 Å². The molecule has 0 saturated carbocycles. The van der Waals surface area contributed by atoms with Gasteiger partial charge in [0, 0.05) is 12.3 Å². The zero-order valence-corrected chi connectivity index (χ0v) is 8.99. The number of hydrogen-bond donors (Lipinski definition) is 2. The van der Waals surface area contributed by atoms with Crippen molar-refractivity contribution >= 4 is 17.3 Å². The average Bonchev–Trinajstić information content (AvgIpc) is 2.28. The summed E-state index contributed by atoms with van der Waals surface area (Å²) in [6.45, 7) is 2.25. The number of carbonyl (C=O) groups is 1. The quantitative estimate of drug-likeness (QED) is 0.742. The minimum atomic E-state index is -0.289. The average molecular weight is 219 g/mol. The van der Waals surface area contributed by atoms with Crippen LogP contribution in [0.15, 0.2) is 18.2 Å². The van der Waals surface area contributed by atoms with E-state index >= 15 is 0 Å². The highest BCUT2D eigenvalue weighted by Gasteiger charge is 2.06. The predicted octanol–water partition coefficient (Wildman–Crippen LogP) is 1.12. The van der Waals surface area contributed by atoms with Gasteiger partial charge in [-0.1, -0.05) is 0 Å². The maximum absolute atomic E-state index is 11.3. The zero-order valence-electron chi connectivity index (χ0n) is 8.99. The number of nitriles is 1. The highest BCUT2D eigenvalue weighted by atomic mass is 16.5. The number of hydrogen-bond acceptors (Lipinski definition) is 4. The van der Waals surface area contributed by atoms with Crippen LogP contribution in [0.25, 0.3) is 0 Å².